The van der Waals surface area contributed by atoms with Gasteiger partial charge < -0.3 is 4.74 Å². The van der Waals surface area contributed by atoms with Crippen molar-refractivity contribution in [2.75, 3.05) is 0 Å². The first-order valence-electron chi connectivity index (χ1n) is 7.88. The number of aliphatic imine (C=N–C) groups is 1. The molecule has 3 rings (SSSR count). The van der Waals surface area contributed by atoms with E-state index in [1.54, 1.807) is 0 Å². The highest BCUT2D eigenvalue weighted by Gasteiger charge is 1.99. The largest absolute Gasteiger partial charge is 0.489 e. The minimum atomic E-state index is 0.529. The van der Waals surface area contributed by atoms with Crippen LogP contribution < -0.4 is 4.74 Å². The number of aryl methyl sites for hydroxylation is 1. The van der Waals surface area contributed by atoms with E-state index < -0.39 is 0 Å². The van der Waals surface area contributed by atoms with Crippen molar-refractivity contribution in [2.45, 2.75) is 13.5 Å². The normalized spacial score (nSPS) is 11.0. The Morgan fingerprint density at radius 3 is 2.64 bits per heavy atom. The molecule has 0 fully saturated rings. The van der Waals surface area contributed by atoms with Gasteiger partial charge in [0.15, 0.2) is 0 Å². The van der Waals surface area contributed by atoms with Crippen molar-refractivity contribution in [3.8, 4) is 5.75 Å². The second kappa shape index (κ2) is 8.32. The van der Waals surface area contributed by atoms with Gasteiger partial charge in [-0.25, -0.2) is 0 Å². The zero-order valence-corrected chi connectivity index (χ0v) is 16.1. The Bertz CT molecular complexity index is 891. The second-order valence-electron chi connectivity index (χ2n) is 5.68. The third-order valence-electron chi connectivity index (χ3n) is 3.70. The number of hydrogen-bond donors (Lipinski definition) is 0. The summed E-state index contributed by atoms with van der Waals surface area (Å²) in [6.07, 6.45) is 1.82. The first kappa shape index (κ1) is 17.7. The number of ether oxygens (including phenoxy) is 1. The Hall–Kier alpha value is -2.10. The van der Waals surface area contributed by atoms with Gasteiger partial charge in [0.05, 0.1) is 5.69 Å². The van der Waals surface area contributed by atoms with E-state index in [0.29, 0.717) is 11.6 Å². The van der Waals surface area contributed by atoms with Crippen LogP contribution in [0.1, 0.15) is 16.7 Å². The smallest absolute Gasteiger partial charge is 0.120 e. The molecule has 0 unspecified atom stereocenters. The van der Waals surface area contributed by atoms with Crippen molar-refractivity contribution in [3.05, 3.63) is 92.9 Å². The lowest BCUT2D eigenvalue weighted by molar-refractivity contribution is 0.306. The first-order valence-corrected chi connectivity index (χ1v) is 9.05. The van der Waals surface area contributed by atoms with Gasteiger partial charge in [-0.1, -0.05) is 57.9 Å². The Morgan fingerprint density at radius 1 is 1.04 bits per heavy atom. The molecule has 0 aromatic heterocycles. The topological polar surface area (TPSA) is 21.6 Å². The molecule has 0 amide bonds. The molecule has 0 saturated heterocycles. The standard InChI is InChI=1S/C21H17BrClNO/c1-15-5-10-19(23)12-21(15)24-13-17-3-2-4-20(11-17)25-14-16-6-8-18(22)9-7-16/h2-13H,14H2,1H3. The fraction of sp³-hybridized carbons (Fsp3) is 0.0952. The highest BCUT2D eigenvalue weighted by Crippen LogP contribution is 2.23. The average Bonchev–Trinajstić information content (AvgIpc) is 2.62. The van der Waals surface area contributed by atoms with Gasteiger partial charge in [0.2, 0.25) is 0 Å². The Balaban J connectivity index is 1.69. The van der Waals surface area contributed by atoms with E-state index in [2.05, 4.69) is 20.9 Å². The van der Waals surface area contributed by atoms with Crippen molar-refractivity contribution in [1.29, 1.82) is 0 Å². The van der Waals surface area contributed by atoms with E-state index in [1.165, 1.54) is 0 Å². The molecular weight excluding hydrogens is 398 g/mol. The van der Waals surface area contributed by atoms with Crippen molar-refractivity contribution in [3.63, 3.8) is 0 Å². The lowest BCUT2D eigenvalue weighted by Gasteiger charge is -2.07. The summed E-state index contributed by atoms with van der Waals surface area (Å²) < 4.78 is 6.93. The van der Waals surface area contributed by atoms with Crippen LogP contribution in [0, 0.1) is 6.92 Å². The Kier molecular flexibility index (Phi) is 5.90. The van der Waals surface area contributed by atoms with E-state index in [9.17, 15) is 0 Å². The van der Waals surface area contributed by atoms with Gasteiger partial charge in [0, 0.05) is 15.7 Å². The molecule has 0 bridgehead atoms. The summed E-state index contributed by atoms with van der Waals surface area (Å²) >= 11 is 9.47. The van der Waals surface area contributed by atoms with E-state index in [0.717, 1.165) is 32.6 Å². The van der Waals surface area contributed by atoms with Gasteiger partial charge in [-0.3, -0.25) is 4.99 Å². The van der Waals surface area contributed by atoms with Gasteiger partial charge in [-0.2, -0.15) is 0 Å². The third kappa shape index (κ3) is 5.18. The van der Waals surface area contributed by atoms with Crippen molar-refractivity contribution in [1.82, 2.24) is 0 Å². The molecule has 0 aliphatic rings. The van der Waals surface area contributed by atoms with Crippen LogP contribution in [0.15, 0.2) is 76.2 Å². The zero-order valence-electron chi connectivity index (χ0n) is 13.7. The van der Waals surface area contributed by atoms with E-state index >= 15 is 0 Å². The summed E-state index contributed by atoms with van der Waals surface area (Å²) in [4.78, 5) is 4.54. The van der Waals surface area contributed by atoms with E-state index in [1.807, 2.05) is 79.9 Å². The number of hydrogen-bond acceptors (Lipinski definition) is 2. The molecular formula is C21H17BrClNO. The van der Waals surface area contributed by atoms with Crippen molar-refractivity contribution < 1.29 is 4.74 Å². The van der Waals surface area contributed by atoms with E-state index in [-0.39, 0.29) is 0 Å². The van der Waals surface area contributed by atoms with Crippen LogP contribution in [-0.4, -0.2) is 6.21 Å². The minimum absolute atomic E-state index is 0.529. The Labute approximate surface area is 161 Å². The lowest BCUT2D eigenvalue weighted by Crippen LogP contribution is -1.95. The summed E-state index contributed by atoms with van der Waals surface area (Å²) in [5, 5.41) is 0.685. The average molecular weight is 415 g/mol. The zero-order chi connectivity index (χ0) is 17.6. The molecule has 25 heavy (non-hydrogen) atoms. The van der Waals surface area contributed by atoms with Crippen LogP contribution in [0.5, 0.6) is 5.75 Å². The van der Waals surface area contributed by atoms with Crippen LogP contribution in [0.3, 0.4) is 0 Å². The molecule has 0 atom stereocenters. The highest BCUT2D eigenvalue weighted by molar-refractivity contribution is 9.10. The predicted octanol–water partition coefficient (Wildman–Crippen LogP) is 6.74. The lowest BCUT2D eigenvalue weighted by atomic mass is 10.2. The Morgan fingerprint density at radius 2 is 1.84 bits per heavy atom. The molecule has 2 nitrogen and oxygen atoms in total. The van der Waals surface area contributed by atoms with Crippen LogP contribution in [0.4, 0.5) is 5.69 Å². The summed E-state index contributed by atoms with van der Waals surface area (Å²) in [6.45, 7) is 2.54. The van der Waals surface area contributed by atoms with Gasteiger partial charge in [-0.05, 0) is 60.0 Å². The molecule has 0 aliphatic carbocycles. The highest BCUT2D eigenvalue weighted by atomic mass is 79.9. The molecule has 126 valence electrons. The second-order valence-corrected chi connectivity index (χ2v) is 7.03. The number of benzene rings is 3. The maximum atomic E-state index is 6.04. The molecule has 4 heteroatoms. The van der Waals surface area contributed by atoms with Gasteiger partial charge in [-0.15, -0.1) is 0 Å². The third-order valence-corrected chi connectivity index (χ3v) is 4.46. The van der Waals surface area contributed by atoms with Crippen LogP contribution in [0.25, 0.3) is 0 Å². The van der Waals surface area contributed by atoms with Gasteiger partial charge in [0.25, 0.3) is 0 Å². The van der Waals surface area contributed by atoms with E-state index in [4.69, 9.17) is 16.3 Å². The van der Waals surface area contributed by atoms with Crippen LogP contribution >= 0.6 is 27.5 Å². The van der Waals surface area contributed by atoms with Gasteiger partial charge >= 0.3 is 0 Å². The molecule has 0 saturated carbocycles. The number of nitrogens with zero attached hydrogens (tertiary/aromatic N) is 1. The maximum absolute atomic E-state index is 6.04. The van der Waals surface area contributed by atoms with Crippen LogP contribution in [0.2, 0.25) is 5.02 Å². The first-order chi connectivity index (χ1) is 12.1. The fourth-order valence-corrected chi connectivity index (χ4v) is 2.73. The molecule has 0 aliphatic heterocycles. The molecule has 0 spiro atoms. The fourth-order valence-electron chi connectivity index (χ4n) is 2.30. The quantitative estimate of drug-likeness (QED) is 0.424. The maximum Gasteiger partial charge on any atom is 0.120 e. The summed E-state index contributed by atoms with van der Waals surface area (Å²) in [6, 6.07) is 21.7. The molecule has 0 radical (unpaired) electrons. The number of rotatable bonds is 5. The molecule has 0 N–H and O–H groups in total. The SMILES string of the molecule is Cc1ccc(Cl)cc1N=Cc1cccc(OCc2ccc(Br)cc2)c1. The predicted molar refractivity (Wildman–Crippen MR) is 108 cm³/mol. The molecule has 3 aromatic carbocycles. The monoisotopic (exact) mass is 413 g/mol. The summed E-state index contributed by atoms with van der Waals surface area (Å²) in [5.41, 5.74) is 4.06. The summed E-state index contributed by atoms with van der Waals surface area (Å²) in [7, 11) is 0. The van der Waals surface area contributed by atoms with Crippen molar-refractivity contribution in [2.24, 2.45) is 4.99 Å². The molecule has 0 heterocycles. The minimum Gasteiger partial charge on any atom is -0.489 e. The summed E-state index contributed by atoms with van der Waals surface area (Å²) in [5.74, 6) is 0.815. The van der Waals surface area contributed by atoms with Crippen LogP contribution in [-0.2, 0) is 6.61 Å². The van der Waals surface area contributed by atoms with Crippen molar-refractivity contribution >= 4 is 39.4 Å². The van der Waals surface area contributed by atoms with Gasteiger partial charge in [0.1, 0.15) is 12.4 Å². The molecule has 3 aromatic rings. The number of halogens is 2.